The van der Waals surface area contributed by atoms with E-state index in [0.717, 1.165) is 41.0 Å². The summed E-state index contributed by atoms with van der Waals surface area (Å²) in [6.45, 7) is 2.66. The molecular formula is C34H36N4O3. The van der Waals surface area contributed by atoms with E-state index in [4.69, 9.17) is 4.74 Å². The Hall–Kier alpha value is -4.36. The van der Waals surface area contributed by atoms with Crippen molar-refractivity contribution in [3.63, 3.8) is 0 Å². The molecule has 2 aliphatic heterocycles. The van der Waals surface area contributed by atoms with E-state index in [1.54, 1.807) is 7.11 Å². The Labute approximate surface area is 241 Å². The van der Waals surface area contributed by atoms with E-state index in [-0.39, 0.29) is 11.8 Å². The minimum Gasteiger partial charge on any atom is -0.496 e. The summed E-state index contributed by atoms with van der Waals surface area (Å²) in [5, 5.41) is 3.14. The van der Waals surface area contributed by atoms with Crippen molar-refractivity contribution in [2.45, 2.75) is 38.4 Å². The zero-order valence-corrected chi connectivity index (χ0v) is 23.7. The highest BCUT2D eigenvalue weighted by Crippen LogP contribution is 2.34. The molecule has 41 heavy (non-hydrogen) atoms. The van der Waals surface area contributed by atoms with E-state index in [1.807, 2.05) is 94.4 Å². The lowest BCUT2D eigenvalue weighted by atomic mass is 10.0. The van der Waals surface area contributed by atoms with Crippen LogP contribution >= 0.6 is 0 Å². The Morgan fingerprint density at radius 2 is 1.76 bits per heavy atom. The summed E-state index contributed by atoms with van der Waals surface area (Å²) < 4.78 is 7.75. The molecule has 0 radical (unpaired) electrons. The number of carbonyl (C=O) groups excluding carboxylic acids is 2. The van der Waals surface area contributed by atoms with Crippen molar-refractivity contribution in [3.05, 3.63) is 107 Å². The number of fused-ring (bicyclic) bond motifs is 2. The highest BCUT2D eigenvalue weighted by Gasteiger charge is 2.28. The van der Waals surface area contributed by atoms with E-state index >= 15 is 0 Å². The number of nitrogens with one attached hydrogen (secondary N) is 1. The van der Waals surface area contributed by atoms with Crippen LogP contribution in [0.25, 0.3) is 11.1 Å². The molecule has 1 N–H and O–H groups in total. The van der Waals surface area contributed by atoms with Crippen LogP contribution in [0.4, 0.5) is 5.69 Å². The molecule has 0 bridgehead atoms. The van der Waals surface area contributed by atoms with Gasteiger partial charge < -0.3 is 24.4 Å². The van der Waals surface area contributed by atoms with E-state index in [2.05, 4.69) is 17.3 Å². The van der Waals surface area contributed by atoms with Crippen molar-refractivity contribution in [3.8, 4) is 16.9 Å². The monoisotopic (exact) mass is 548 g/mol. The Kier molecular flexibility index (Phi) is 7.61. The fourth-order valence-corrected chi connectivity index (χ4v) is 6.16. The molecule has 2 amide bonds. The fourth-order valence-electron chi connectivity index (χ4n) is 6.16. The molecule has 4 aromatic rings. The third-order valence-electron chi connectivity index (χ3n) is 8.45. The molecule has 0 spiro atoms. The molecule has 0 aliphatic carbocycles. The van der Waals surface area contributed by atoms with E-state index in [0.29, 0.717) is 42.7 Å². The first-order valence-electron chi connectivity index (χ1n) is 14.3. The van der Waals surface area contributed by atoms with Gasteiger partial charge in [-0.3, -0.25) is 9.59 Å². The number of aromatic nitrogens is 1. The number of para-hydroxylation sites is 1. The summed E-state index contributed by atoms with van der Waals surface area (Å²) in [5.41, 5.74) is 5.90. The predicted molar refractivity (Wildman–Crippen MR) is 162 cm³/mol. The van der Waals surface area contributed by atoms with Crippen molar-refractivity contribution in [1.82, 2.24) is 14.8 Å². The van der Waals surface area contributed by atoms with Crippen molar-refractivity contribution in [1.29, 1.82) is 0 Å². The van der Waals surface area contributed by atoms with Crippen LogP contribution in [-0.4, -0.2) is 54.6 Å². The normalized spacial score (nSPS) is 16.5. The third-order valence-corrected chi connectivity index (χ3v) is 8.45. The molecule has 7 heteroatoms. The summed E-state index contributed by atoms with van der Waals surface area (Å²) in [5.74, 6) is 0.461. The first-order chi connectivity index (χ1) is 20.0. The van der Waals surface area contributed by atoms with Crippen molar-refractivity contribution in [2.75, 3.05) is 32.1 Å². The van der Waals surface area contributed by atoms with Gasteiger partial charge in [0.15, 0.2) is 0 Å². The smallest absolute Gasteiger partial charge is 0.267 e. The van der Waals surface area contributed by atoms with Gasteiger partial charge >= 0.3 is 0 Å². The summed E-state index contributed by atoms with van der Waals surface area (Å²) in [6, 6.07) is 27.9. The molecule has 3 heterocycles. The molecule has 1 saturated heterocycles. The minimum atomic E-state index is -0.114. The zero-order chi connectivity index (χ0) is 28.3. The molecule has 2 aliphatic rings. The van der Waals surface area contributed by atoms with Gasteiger partial charge in [-0.1, -0.05) is 48.5 Å². The van der Waals surface area contributed by atoms with E-state index < -0.39 is 0 Å². The molecule has 1 atom stereocenters. The van der Waals surface area contributed by atoms with Crippen molar-refractivity contribution >= 4 is 17.5 Å². The van der Waals surface area contributed by atoms with Crippen LogP contribution in [-0.2, 0) is 13.1 Å². The number of anilines is 1. The molecular weight excluding hydrogens is 512 g/mol. The van der Waals surface area contributed by atoms with Crippen LogP contribution in [0.3, 0.4) is 0 Å². The number of likely N-dealkylation sites (tertiary alicyclic amines) is 1. The Morgan fingerprint density at radius 1 is 0.951 bits per heavy atom. The SMILES string of the molecule is COc1cc(C(=O)N2Cc3ccc(C(=O)NCCC4CCCN4C)n3Cc3ccccc32)ccc1-c1ccccc1. The maximum Gasteiger partial charge on any atom is 0.267 e. The Balaban J connectivity index is 1.26. The summed E-state index contributed by atoms with van der Waals surface area (Å²) >= 11 is 0. The predicted octanol–water partition coefficient (Wildman–Crippen LogP) is 5.59. The first-order valence-corrected chi connectivity index (χ1v) is 14.3. The maximum absolute atomic E-state index is 14.1. The lowest BCUT2D eigenvalue weighted by Crippen LogP contribution is -2.33. The summed E-state index contributed by atoms with van der Waals surface area (Å²) in [7, 11) is 3.79. The summed E-state index contributed by atoms with van der Waals surface area (Å²) in [4.78, 5) is 31.5. The van der Waals surface area contributed by atoms with Gasteiger partial charge in [-0.25, -0.2) is 0 Å². The number of nitrogens with zero attached hydrogens (tertiary/aromatic N) is 3. The van der Waals surface area contributed by atoms with Crippen LogP contribution in [0, 0.1) is 0 Å². The average molecular weight is 549 g/mol. The van der Waals surface area contributed by atoms with Gasteiger partial charge in [-0.05, 0) is 80.4 Å². The number of methoxy groups -OCH3 is 1. The van der Waals surface area contributed by atoms with Crippen molar-refractivity contribution in [2.24, 2.45) is 0 Å². The van der Waals surface area contributed by atoms with Crippen LogP contribution in [0.5, 0.6) is 5.75 Å². The number of ether oxygens (including phenoxy) is 1. The number of amides is 2. The lowest BCUT2D eigenvalue weighted by Gasteiger charge is -2.23. The Morgan fingerprint density at radius 3 is 2.54 bits per heavy atom. The average Bonchev–Trinajstić information content (AvgIpc) is 3.56. The largest absolute Gasteiger partial charge is 0.496 e. The molecule has 0 saturated carbocycles. The first kappa shape index (κ1) is 26.8. The Bertz CT molecular complexity index is 1560. The van der Waals surface area contributed by atoms with Crippen molar-refractivity contribution < 1.29 is 14.3 Å². The van der Waals surface area contributed by atoms with Gasteiger partial charge in [0.1, 0.15) is 11.4 Å². The second kappa shape index (κ2) is 11.6. The van der Waals surface area contributed by atoms with Gasteiger partial charge in [0, 0.05) is 35.1 Å². The number of benzene rings is 3. The molecule has 6 rings (SSSR count). The minimum absolute atomic E-state index is 0.0737. The summed E-state index contributed by atoms with van der Waals surface area (Å²) in [6.07, 6.45) is 3.36. The zero-order valence-electron chi connectivity index (χ0n) is 23.7. The van der Waals surface area contributed by atoms with Gasteiger partial charge in [-0.2, -0.15) is 0 Å². The molecule has 7 nitrogen and oxygen atoms in total. The highest BCUT2D eigenvalue weighted by atomic mass is 16.5. The fraction of sp³-hybridized carbons (Fsp3) is 0.294. The number of carbonyl (C=O) groups is 2. The van der Waals surface area contributed by atoms with Crippen LogP contribution in [0.2, 0.25) is 0 Å². The maximum atomic E-state index is 14.1. The molecule has 1 unspecified atom stereocenters. The number of hydrogen-bond acceptors (Lipinski definition) is 4. The van der Waals surface area contributed by atoms with E-state index in [1.165, 1.54) is 12.8 Å². The molecule has 1 fully saturated rings. The lowest BCUT2D eigenvalue weighted by molar-refractivity contribution is 0.0940. The highest BCUT2D eigenvalue weighted by molar-refractivity contribution is 6.07. The number of hydrogen-bond donors (Lipinski definition) is 1. The standard InChI is InChI=1S/C34H36N4O3/c1-36-20-8-12-27(36)18-19-35-33(39)31-17-15-28-23-38(30-13-7-6-11-26(30)22-37(28)31)34(40)25-14-16-29(32(21-25)41-2)24-9-4-3-5-10-24/h3-7,9-11,13-17,21,27H,8,12,18-20,22-23H2,1-2H3,(H,35,39). The topological polar surface area (TPSA) is 66.8 Å². The molecule has 3 aromatic carbocycles. The third kappa shape index (κ3) is 5.37. The molecule has 1 aromatic heterocycles. The van der Waals surface area contributed by atoms with Crippen LogP contribution in [0.1, 0.15) is 51.4 Å². The molecule has 210 valence electrons. The van der Waals surface area contributed by atoms with Crippen LogP contribution < -0.4 is 15.0 Å². The quantitative estimate of drug-likeness (QED) is 0.327. The van der Waals surface area contributed by atoms with Gasteiger partial charge in [0.2, 0.25) is 0 Å². The second-order valence-electron chi connectivity index (χ2n) is 10.9. The van der Waals surface area contributed by atoms with E-state index in [9.17, 15) is 9.59 Å². The number of rotatable bonds is 7. The van der Waals surface area contributed by atoms with Gasteiger partial charge in [0.05, 0.1) is 20.2 Å². The second-order valence-corrected chi connectivity index (χ2v) is 10.9. The van der Waals surface area contributed by atoms with Gasteiger partial charge in [-0.15, -0.1) is 0 Å². The van der Waals surface area contributed by atoms with Gasteiger partial charge in [0.25, 0.3) is 11.8 Å². The van der Waals surface area contributed by atoms with Crippen LogP contribution in [0.15, 0.2) is 84.9 Å².